The predicted octanol–water partition coefficient (Wildman–Crippen LogP) is 2.72. The minimum Gasteiger partial charge on any atom is -0.390 e. The number of hydrogen-bond donors (Lipinski definition) is 2. The molecule has 1 fully saturated rings. The van der Waals surface area contributed by atoms with Crippen molar-refractivity contribution in [2.45, 2.75) is 71.0 Å². The number of aliphatic hydroxyl groups excluding tert-OH is 1. The molecule has 1 rings (SSSR count). The fourth-order valence-electron chi connectivity index (χ4n) is 2.57. The quantitative estimate of drug-likeness (QED) is 0.738. The molecule has 0 aromatic carbocycles. The molecule has 90 valence electrons. The maximum Gasteiger partial charge on any atom is 0.0905 e. The Balaban J connectivity index is 2.44. The van der Waals surface area contributed by atoms with Crippen molar-refractivity contribution in [3.8, 4) is 0 Å². The van der Waals surface area contributed by atoms with E-state index in [1.807, 2.05) is 6.92 Å². The number of hydrogen-bond acceptors (Lipinski definition) is 2. The summed E-state index contributed by atoms with van der Waals surface area (Å²) < 4.78 is 0. The van der Waals surface area contributed by atoms with Crippen molar-refractivity contribution in [3.63, 3.8) is 0 Å². The second-order valence-corrected chi connectivity index (χ2v) is 5.69. The van der Waals surface area contributed by atoms with Crippen LogP contribution in [-0.4, -0.2) is 21.9 Å². The van der Waals surface area contributed by atoms with E-state index in [1.54, 1.807) is 0 Å². The van der Waals surface area contributed by atoms with Crippen molar-refractivity contribution >= 4 is 0 Å². The molecule has 0 aromatic rings. The van der Waals surface area contributed by atoms with Crippen LogP contribution in [0, 0.1) is 11.8 Å². The first-order chi connectivity index (χ1) is 6.94. The highest BCUT2D eigenvalue weighted by Gasteiger charge is 2.39. The van der Waals surface area contributed by atoms with Gasteiger partial charge in [0.2, 0.25) is 0 Å². The second kappa shape index (κ2) is 5.31. The first-order valence-electron chi connectivity index (χ1n) is 6.35. The Labute approximate surface area is 93.7 Å². The zero-order valence-electron chi connectivity index (χ0n) is 10.4. The fourth-order valence-corrected chi connectivity index (χ4v) is 2.57. The average molecular weight is 214 g/mol. The van der Waals surface area contributed by atoms with Crippen molar-refractivity contribution in [2.24, 2.45) is 11.8 Å². The molecule has 0 radical (unpaired) electrons. The molecule has 0 saturated heterocycles. The van der Waals surface area contributed by atoms with E-state index in [-0.39, 0.29) is 0 Å². The van der Waals surface area contributed by atoms with Crippen LogP contribution in [0.1, 0.15) is 59.3 Å². The Bertz CT molecular complexity index is 181. The van der Waals surface area contributed by atoms with Gasteiger partial charge in [0, 0.05) is 0 Å². The Kier molecular flexibility index (Phi) is 4.60. The lowest BCUT2D eigenvalue weighted by Gasteiger charge is -2.35. The summed E-state index contributed by atoms with van der Waals surface area (Å²) in [7, 11) is 0. The van der Waals surface area contributed by atoms with Crippen molar-refractivity contribution in [3.05, 3.63) is 0 Å². The van der Waals surface area contributed by atoms with Gasteiger partial charge in [0.25, 0.3) is 0 Å². The van der Waals surface area contributed by atoms with Gasteiger partial charge < -0.3 is 10.2 Å². The Morgan fingerprint density at radius 2 is 1.73 bits per heavy atom. The molecule has 2 unspecified atom stereocenters. The summed E-state index contributed by atoms with van der Waals surface area (Å²) in [6.07, 6.45) is 5.72. The minimum atomic E-state index is -0.870. The van der Waals surface area contributed by atoms with Crippen LogP contribution in [0.15, 0.2) is 0 Å². The van der Waals surface area contributed by atoms with E-state index in [0.717, 1.165) is 25.7 Å². The molecular weight excluding hydrogens is 188 g/mol. The summed E-state index contributed by atoms with van der Waals surface area (Å²) in [6, 6.07) is 0. The molecule has 0 aromatic heterocycles. The molecule has 0 aliphatic heterocycles. The maximum atomic E-state index is 10.3. The van der Waals surface area contributed by atoms with E-state index in [1.165, 1.54) is 12.8 Å². The van der Waals surface area contributed by atoms with Gasteiger partial charge in [-0.1, -0.05) is 26.7 Å². The van der Waals surface area contributed by atoms with Gasteiger partial charge in [0.1, 0.15) is 0 Å². The molecule has 1 aliphatic carbocycles. The molecule has 1 saturated carbocycles. The molecule has 0 amide bonds. The predicted molar refractivity (Wildman–Crippen MR) is 62.7 cm³/mol. The highest BCUT2D eigenvalue weighted by Crippen LogP contribution is 2.37. The normalized spacial score (nSPS) is 24.4. The summed E-state index contributed by atoms with van der Waals surface area (Å²) in [4.78, 5) is 0. The molecule has 2 nitrogen and oxygen atoms in total. The van der Waals surface area contributed by atoms with Crippen LogP contribution in [0.5, 0.6) is 0 Å². The standard InChI is InChI=1S/C13H26O2/c1-10(2)8-9-12(14)13(3,15)11-6-4-5-7-11/h10-12,14-15H,4-9H2,1-3H3. The van der Waals surface area contributed by atoms with Crippen molar-refractivity contribution < 1.29 is 10.2 Å². The lowest BCUT2D eigenvalue weighted by Crippen LogP contribution is -2.45. The largest absolute Gasteiger partial charge is 0.390 e. The lowest BCUT2D eigenvalue weighted by molar-refractivity contribution is -0.103. The minimum absolute atomic E-state index is 0.305. The SMILES string of the molecule is CC(C)CCC(O)C(C)(O)C1CCCC1. The number of aliphatic hydroxyl groups is 2. The van der Waals surface area contributed by atoms with E-state index in [4.69, 9.17) is 0 Å². The molecule has 0 bridgehead atoms. The van der Waals surface area contributed by atoms with E-state index < -0.39 is 11.7 Å². The average Bonchev–Trinajstić information content (AvgIpc) is 2.66. The molecule has 0 spiro atoms. The van der Waals surface area contributed by atoms with Crippen LogP contribution in [0.4, 0.5) is 0 Å². The van der Waals surface area contributed by atoms with Gasteiger partial charge >= 0.3 is 0 Å². The van der Waals surface area contributed by atoms with Gasteiger partial charge in [-0.3, -0.25) is 0 Å². The van der Waals surface area contributed by atoms with Gasteiger partial charge in [-0.2, -0.15) is 0 Å². The van der Waals surface area contributed by atoms with Gasteiger partial charge in [-0.15, -0.1) is 0 Å². The fraction of sp³-hybridized carbons (Fsp3) is 1.00. The first-order valence-corrected chi connectivity index (χ1v) is 6.35. The highest BCUT2D eigenvalue weighted by atomic mass is 16.3. The van der Waals surface area contributed by atoms with Crippen LogP contribution in [0.3, 0.4) is 0 Å². The van der Waals surface area contributed by atoms with Crippen LogP contribution in [-0.2, 0) is 0 Å². The molecule has 0 heterocycles. The summed E-state index contributed by atoms with van der Waals surface area (Å²) in [5.74, 6) is 0.902. The first kappa shape index (κ1) is 13.0. The monoisotopic (exact) mass is 214 g/mol. The van der Waals surface area contributed by atoms with E-state index in [2.05, 4.69) is 13.8 Å². The zero-order chi connectivity index (χ0) is 11.5. The Morgan fingerprint density at radius 1 is 1.20 bits per heavy atom. The lowest BCUT2D eigenvalue weighted by atomic mass is 9.81. The molecule has 2 N–H and O–H groups in total. The van der Waals surface area contributed by atoms with Crippen LogP contribution in [0.25, 0.3) is 0 Å². The highest BCUT2D eigenvalue weighted by molar-refractivity contribution is 4.91. The van der Waals surface area contributed by atoms with Crippen LogP contribution >= 0.6 is 0 Å². The Hall–Kier alpha value is -0.0800. The Morgan fingerprint density at radius 3 is 2.20 bits per heavy atom. The zero-order valence-corrected chi connectivity index (χ0v) is 10.4. The van der Waals surface area contributed by atoms with Crippen molar-refractivity contribution in [1.82, 2.24) is 0 Å². The smallest absolute Gasteiger partial charge is 0.0905 e. The summed E-state index contributed by atoms with van der Waals surface area (Å²) in [6.45, 7) is 6.11. The molecule has 2 atom stereocenters. The molecular formula is C13H26O2. The van der Waals surface area contributed by atoms with E-state index in [9.17, 15) is 10.2 Å². The van der Waals surface area contributed by atoms with Crippen LogP contribution < -0.4 is 0 Å². The van der Waals surface area contributed by atoms with Gasteiger partial charge in [-0.05, 0) is 44.4 Å². The molecule has 2 heteroatoms. The molecule has 15 heavy (non-hydrogen) atoms. The van der Waals surface area contributed by atoms with E-state index >= 15 is 0 Å². The summed E-state index contributed by atoms with van der Waals surface area (Å²) >= 11 is 0. The topological polar surface area (TPSA) is 40.5 Å². The number of rotatable bonds is 5. The third kappa shape index (κ3) is 3.46. The van der Waals surface area contributed by atoms with Gasteiger partial charge in [-0.25, -0.2) is 0 Å². The third-order valence-electron chi connectivity index (χ3n) is 3.87. The van der Waals surface area contributed by atoms with Crippen molar-refractivity contribution in [1.29, 1.82) is 0 Å². The van der Waals surface area contributed by atoms with Crippen LogP contribution in [0.2, 0.25) is 0 Å². The molecule has 1 aliphatic rings. The van der Waals surface area contributed by atoms with E-state index in [0.29, 0.717) is 11.8 Å². The second-order valence-electron chi connectivity index (χ2n) is 5.69. The van der Waals surface area contributed by atoms with Gasteiger partial charge in [0.15, 0.2) is 0 Å². The van der Waals surface area contributed by atoms with Gasteiger partial charge in [0.05, 0.1) is 11.7 Å². The summed E-state index contributed by atoms with van der Waals surface area (Å²) in [5.41, 5.74) is -0.870. The third-order valence-corrected chi connectivity index (χ3v) is 3.87. The maximum absolute atomic E-state index is 10.3. The summed E-state index contributed by atoms with van der Waals surface area (Å²) in [5, 5.41) is 20.4. The van der Waals surface area contributed by atoms with Crippen molar-refractivity contribution in [2.75, 3.05) is 0 Å².